The standard InChI is InChI=1S/C17H16N8O4S2/c1-9-5-10(6-21-16(9)19-2)12-3-4-13(30(26,27)11-7-20-8-11)15(31(18,28)29)14(12)17-22-24-25-23-17/h3-6,11,20H,7-8H2,1H3,(H2,18,28,29)(H,22,23,24,25). The molecular formula is C17H16N8O4S2. The van der Waals surface area contributed by atoms with Crippen LogP contribution < -0.4 is 10.5 Å². The molecule has 0 radical (unpaired) electrons. The van der Waals surface area contributed by atoms with Gasteiger partial charge < -0.3 is 10.2 Å². The Labute approximate surface area is 177 Å². The van der Waals surface area contributed by atoms with Crippen molar-refractivity contribution in [3.63, 3.8) is 0 Å². The fourth-order valence-corrected chi connectivity index (χ4v) is 6.48. The highest BCUT2D eigenvalue weighted by Gasteiger charge is 2.38. The van der Waals surface area contributed by atoms with E-state index >= 15 is 0 Å². The zero-order chi connectivity index (χ0) is 22.4. The lowest BCUT2D eigenvalue weighted by atomic mass is 9.99. The summed E-state index contributed by atoms with van der Waals surface area (Å²) in [5.41, 5.74) is 1.16. The lowest BCUT2D eigenvalue weighted by molar-refractivity contribution is 0.493. The third kappa shape index (κ3) is 3.57. The molecule has 0 aliphatic carbocycles. The normalized spacial score (nSPS) is 14.7. The molecule has 1 aromatic carbocycles. The smallest absolute Gasteiger partial charge is 0.272 e. The van der Waals surface area contributed by atoms with Crippen LogP contribution in [-0.2, 0) is 19.9 Å². The van der Waals surface area contributed by atoms with Crippen LogP contribution in [0.2, 0.25) is 0 Å². The predicted molar refractivity (Wildman–Crippen MR) is 109 cm³/mol. The molecule has 0 unspecified atom stereocenters. The number of nitrogens with one attached hydrogen (secondary N) is 2. The van der Waals surface area contributed by atoms with Gasteiger partial charge in [0.2, 0.25) is 15.8 Å². The van der Waals surface area contributed by atoms with Gasteiger partial charge in [0.25, 0.3) is 5.82 Å². The average Bonchev–Trinajstić information content (AvgIpc) is 3.18. The first-order chi connectivity index (χ1) is 14.6. The summed E-state index contributed by atoms with van der Waals surface area (Å²) in [5, 5.41) is 21.0. The first-order valence-corrected chi connectivity index (χ1v) is 12.0. The van der Waals surface area contributed by atoms with E-state index in [2.05, 4.69) is 35.8 Å². The van der Waals surface area contributed by atoms with E-state index in [0.717, 1.165) is 0 Å². The van der Waals surface area contributed by atoms with Crippen molar-refractivity contribution in [3.8, 4) is 22.5 Å². The molecule has 0 spiro atoms. The molecule has 31 heavy (non-hydrogen) atoms. The van der Waals surface area contributed by atoms with Gasteiger partial charge in [-0.25, -0.2) is 22.0 Å². The van der Waals surface area contributed by atoms with Gasteiger partial charge in [-0.05, 0) is 29.3 Å². The lowest BCUT2D eigenvalue weighted by Crippen LogP contribution is -2.51. The summed E-state index contributed by atoms with van der Waals surface area (Å²) in [6.07, 6.45) is 1.39. The van der Waals surface area contributed by atoms with E-state index in [9.17, 15) is 16.8 Å². The number of nitrogens with zero attached hydrogens (tertiary/aromatic N) is 5. The predicted octanol–water partition coefficient (Wildman–Crippen LogP) is 0.181. The number of hydrogen-bond donors (Lipinski definition) is 3. The summed E-state index contributed by atoms with van der Waals surface area (Å²) in [7, 11) is -8.55. The van der Waals surface area contributed by atoms with Crippen LogP contribution in [0, 0.1) is 13.5 Å². The molecule has 1 saturated heterocycles. The summed E-state index contributed by atoms with van der Waals surface area (Å²) >= 11 is 0. The van der Waals surface area contributed by atoms with Gasteiger partial charge >= 0.3 is 0 Å². The Balaban J connectivity index is 2.09. The van der Waals surface area contributed by atoms with Gasteiger partial charge in [-0.1, -0.05) is 18.7 Å². The average molecular weight is 461 g/mol. The van der Waals surface area contributed by atoms with Crippen LogP contribution in [0.15, 0.2) is 34.2 Å². The molecule has 1 aliphatic heterocycles. The number of benzene rings is 1. The Morgan fingerprint density at radius 2 is 1.97 bits per heavy atom. The molecule has 2 aromatic heterocycles. The molecule has 12 nitrogen and oxygen atoms in total. The molecule has 0 saturated carbocycles. The Morgan fingerprint density at radius 3 is 2.48 bits per heavy atom. The number of aromatic nitrogens is 5. The van der Waals surface area contributed by atoms with Crippen molar-refractivity contribution in [2.24, 2.45) is 5.14 Å². The van der Waals surface area contributed by atoms with Crippen LogP contribution in [0.5, 0.6) is 0 Å². The number of primary sulfonamides is 1. The number of aromatic amines is 1. The minimum absolute atomic E-state index is 0.110. The van der Waals surface area contributed by atoms with Gasteiger partial charge in [0.05, 0.1) is 15.7 Å². The number of sulfonamides is 1. The number of H-pyrrole nitrogens is 1. The first kappa shape index (κ1) is 21.0. The van der Waals surface area contributed by atoms with E-state index < -0.39 is 34.9 Å². The molecule has 160 valence electrons. The van der Waals surface area contributed by atoms with Crippen LogP contribution in [0.4, 0.5) is 5.82 Å². The SMILES string of the molecule is [C-]#[N+]c1ncc(-c2ccc(S(=O)(=O)C3CNC3)c(S(N)(=O)=O)c2-c2nn[nH]n2)cc1C. The molecule has 0 bridgehead atoms. The van der Waals surface area contributed by atoms with Gasteiger partial charge in [0, 0.05) is 18.7 Å². The molecule has 1 aliphatic rings. The second kappa shape index (κ2) is 7.46. The number of rotatable bonds is 5. The van der Waals surface area contributed by atoms with Crippen LogP contribution in [0.3, 0.4) is 0 Å². The molecule has 4 N–H and O–H groups in total. The maximum Gasteiger partial charge on any atom is 0.272 e. The number of pyridine rings is 1. The van der Waals surface area contributed by atoms with E-state index in [0.29, 0.717) is 11.1 Å². The zero-order valence-corrected chi connectivity index (χ0v) is 17.7. The van der Waals surface area contributed by atoms with Gasteiger partial charge in [-0.15, -0.1) is 15.2 Å². The summed E-state index contributed by atoms with van der Waals surface area (Å²) < 4.78 is 51.5. The minimum Gasteiger partial charge on any atom is -0.360 e. The molecule has 14 heteroatoms. The van der Waals surface area contributed by atoms with E-state index in [1.807, 2.05) is 0 Å². The van der Waals surface area contributed by atoms with E-state index in [-0.39, 0.29) is 35.9 Å². The fraction of sp³-hybridized carbons (Fsp3) is 0.235. The highest BCUT2D eigenvalue weighted by molar-refractivity contribution is 7.94. The van der Waals surface area contributed by atoms with Crippen LogP contribution in [-0.4, -0.2) is 60.8 Å². The summed E-state index contributed by atoms with van der Waals surface area (Å²) in [6.45, 7) is 9.24. The number of sulfone groups is 1. The molecular weight excluding hydrogens is 444 g/mol. The maximum atomic E-state index is 13.1. The van der Waals surface area contributed by atoms with Crippen molar-refractivity contribution in [3.05, 3.63) is 41.4 Å². The maximum absolute atomic E-state index is 13.1. The quantitative estimate of drug-likeness (QED) is 0.448. The van der Waals surface area contributed by atoms with Crippen LogP contribution in [0.1, 0.15) is 5.56 Å². The van der Waals surface area contributed by atoms with Crippen molar-refractivity contribution in [2.45, 2.75) is 22.0 Å². The number of hydrogen-bond acceptors (Lipinski definition) is 9. The van der Waals surface area contributed by atoms with Gasteiger partial charge in [0.15, 0.2) is 9.84 Å². The summed E-state index contributed by atoms with van der Waals surface area (Å²) in [6, 6.07) is 4.30. The second-order valence-corrected chi connectivity index (χ2v) is 10.6. The van der Waals surface area contributed by atoms with Gasteiger partial charge in [-0.2, -0.15) is 5.21 Å². The largest absolute Gasteiger partial charge is 0.360 e. The Kier molecular flexibility index (Phi) is 5.06. The molecule has 3 aromatic rings. The van der Waals surface area contributed by atoms with Crippen molar-refractivity contribution in [1.29, 1.82) is 0 Å². The minimum atomic E-state index is -4.53. The molecule has 1 fully saturated rings. The number of nitrogens with two attached hydrogens (primary N) is 1. The Bertz CT molecular complexity index is 1420. The molecule has 0 atom stereocenters. The van der Waals surface area contributed by atoms with Gasteiger partial charge in [-0.3, -0.25) is 0 Å². The monoisotopic (exact) mass is 460 g/mol. The summed E-state index contributed by atoms with van der Waals surface area (Å²) in [5.74, 6) is 0.0444. The van der Waals surface area contributed by atoms with Crippen molar-refractivity contribution < 1.29 is 16.8 Å². The highest BCUT2D eigenvalue weighted by atomic mass is 32.2. The van der Waals surface area contributed by atoms with Crippen molar-refractivity contribution in [2.75, 3.05) is 13.1 Å². The van der Waals surface area contributed by atoms with E-state index in [1.54, 1.807) is 13.0 Å². The number of tetrazole rings is 1. The molecule has 3 heterocycles. The van der Waals surface area contributed by atoms with Gasteiger partial charge in [0.1, 0.15) is 11.1 Å². The first-order valence-electron chi connectivity index (χ1n) is 8.87. The second-order valence-electron chi connectivity index (χ2n) is 6.90. The molecule has 4 rings (SSSR count). The summed E-state index contributed by atoms with van der Waals surface area (Å²) in [4.78, 5) is 6.37. The fourth-order valence-electron chi connectivity index (χ4n) is 3.29. The topological polar surface area (TPSA) is 178 Å². The van der Waals surface area contributed by atoms with E-state index in [1.165, 1.54) is 18.3 Å². The van der Waals surface area contributed by atoms with E-state index in [4.69, 9.17) is 11.7 Å². The Morgan fingerprint density at radius 1 is 1.23 bits per heavy atom. The molecule has 0 amide bonds. The van der Waals surface area contributed by atoms with Crippen molar-refractivity contribution >= 4 is 25.7 Å². The van der Waals surface area contributed by atoms with Crippen molar-refractivity contribution in [1.82, 2.24) is 30.9 Å². The lowest BCUT2D eigenvalue weighted by Gasteiger charge is -2.28. The Hall–Kier alpha value is -3.25. The highest BCUT2D eigenvalue weighted by Crippen LogP contribution is 2.40. The van der Waals surface area contributed by atoms with Crippen LogP contribution >= 0.6 is 0 Å². The third-order valence-corrected chi connectivity index (χ3v) is 8.22. The van der Waals surface area contributed by atoms with Crippen LogP contribution in [0.25, 0.3) is 27.4 Å². The zero-order valence-electron chi connectivity index (χ0n) is 16.1. The third-order valence-electron chi connectivity index (χ3n) is 4.93. The number of aryl methyl sites for hydroxylation is 1.